The normalized spacial score (nSPS) is 12.8. The Kier molecular flexibility index (Phi) is 9.31. The van der Waals surface area contributed by atoms with Crippen molar-refractivity contribution in [1.29, 1.82) is 0 Å². The fourth-order valence-electron chi connectivity index (χ4n) is 3.68. The summed E-state index contributed by atoms with van der Waals surface area (Å²) in [6.45, 7) is 20.5. The summed E-state index contributed by atoms with van der Waals surface area (Å²) < 4.78 is 27.2. The van der Waals surface area contributed by atoms with E-state index in [2.05, 4.69) is 135 Å². The van der Waals surface area contributed by atoms with Gasteiger partial charge in [0.1, 0.15) is 0 Å². The molecule has 3 aromatic carbocycles. The first-order valence-electron chi connectivity index (χ1n) is 12.2. The van der Waals surface area contributed by atoms with Crippen LogP contribution in [-0.2, 0) is 37.3 Å². The highest BCUT2D eigenvalue weighted by Gasteiger charge is 2.30. The Bertz CT molecular complexity index is 1080. The maximum Gasteiger partial charge on any atom is 0.166 e. The van der Waals surface area contributed by atoms with E-state index in [0.29, 0.717) is 6.26 Å². The molecule has 0 amide bonds. The molecule has 0 aliphatic heterocycles. The number of hydrogen-bond donors (Lipinski definition) is 0. The summed E-state index contributed by atoms with van der Waals surface area (Å²) in [6.07, 6.45) is 0.604. The molecule has 0 spiro atoms. The first-order valence-corrected chi connectivity index (χ1v) is 15.3. The predicted octanol–water partition coefficient (Wildman–Crippen LogP) is 7.84. The molecule has 0 bridgehead atoms. The molecule has 0 aliphatic rings. The molecule has 36 heavy (non-hydrogen) atoms. The molecule has 0 saturated carbocycles. The number of rotatable bonds is 3. The van der Waals surface area contributed by atoms with Crippen LogP contribution < -0.4 is 0 Å². The molecule has 196 valence electrons. The van der Waals surface area contributed by atoms with E-state index in [4.69, 9.17) is 13.0 Å². The maximum atomic E-state index is 9.08. The molecule has 0 fully saturated rings. The molecule has 0 unspecified atom stereocenters. The Morgan fingerprint density at radius 2 is 0.667 bits per heavy atom. The molecule has 0 atom stereocenters. The van der Waals surface area contributed by atoms with Crippen LogP contribution in [-0.4, -0.2) is 19.2 Å². The molecule has 0 saturated heterocycles. The van der Waals surface area contributed by atoms with E-state index in [1.165, 1.54) is 31.4 Å². The van der Waals surface area contributed by atoms with E-state index in [1.807, 2.05) is 0 Å². The largest absolute Gasteiger partial charge is 0.748 e. The quantitative estimate of drug-likeness (QED) is 0.258. The van der Waals surface area contributed by atoms with Crippen LogP contribution in [0.1, 0.15) is 79.0 Å². The Hall–Kier alpha value is -2.08. The minimum Gasteiger partial charge on any atom is -0.748 e. The van der Waals surface area contributed by atoms with E-state index >= 15 is 0 Å². The Morgan fingerprint density at radius 3 is 0.806 bits per heavy atom. The van der Waals surface area contributed by atoms with Gasteiger partial charge in [0.25, 0.3) is 0 Å². The smallest absolute Gasteiger partial charge is 0.166 e. The molecule has 5 heteroatoms. The van der Waals surface area contributed by atoms with Crippen LogP contribution >= 0.6 is 0 Å². The SMILES string of the molecule is CC(C)(C)c1ccc([S+](c2ccc(C(C)(C)C)cc2)c2ccc(C(C)(C)C)cc2)cc1.CS(=O)(=O)[O-]. The Balaban J connectivity index is 0.000000830. The Morgan fingerprint density at radius 1 is 0.500 bits per heavy atom. The highest BCUT2D eigenvalue weighted by molar-refractivity contribution is 7.97. The predicted molar refractivity (Wildman–Crippen MR) is 153 cm³/mol. The minimum atomic E-state index is -3.92. The van der Waals surface area contributed by atoms with Crippen molar-refractivity contribution in [3.63, 3.8) is 0 Å². The molecular formula is C31H42O3S2. The third-order valence-electron chi connectivity index (χ3n) is 5.87. The van der Waals surface area contributed by atoms with Gasteiger partial charge in [-0.15, -0.1) is 0 Å². The average molecular weight is 527 g/mol. The van der Waals surface area contributed by atoms with Crippen LogP contribution in [0.5, 0.6) is 0 Å². The summed E-state index contributed by atoms with van der Waals surface area (Å²) in [6, 6.07) is 27.8. The standard InChI is InChI=1S/C30H39S.CH4O3S/c1-28(2,3)22-10-16-25(17-11-22)31(26-18-12-23(13-19-26)29(4,5)6)27-20-14-24(15-21-27)30(7,8)9;1-5(2,3)4/h10-21H,1-9H3;1H3,(H,2,3,4)/q+1;/p-1. The average Bonchev–Trinajstić information content (AvgIpc) is 2.72. The van der Waals surface area contributed by atoms with Crippen molar-refractivity contribution in [2.45, 2.75) is 93.2 Å². The first-order chi connectivity index (χ1) is 16.3. The van der Waals surface area contributed by atoms with Crippen molar-refractivity contribution in [2.24, 2.45) is 0 Å². The van der Waals surface area contributed by atoms with Gasteiger partial charge < -0.3 is 4.55 Å². The van der Waals surface area contributed by atoms with Crippen LogP contribution in [0, 0.1) is 0 Å². The van der Waals surface area contributed by atoms with Crippen LogP contribution in [0.2, 0.25) is 0 Å². The molecule has 3 rings (SSSR count). The molecular weight excluding hydrogens is 484 g/mol. The van der Waals surface area contributed by atoms with Gasteiger partial charge >= 0.3 is 0 Å². The van der Waals surface area contributed by atoms with Crippen molar-refractivity contribution in [3.8, 4) is 0 Å². The van der Waals surface area contributed by atoms with Gasteiger partial charge in [-0.1, -0.05) is 98.7 Å². The van der Waals surface area contributed by atoms with Gasteiger partial charge in [-0.2, -0.15) is 0 Å². The van der Waals surface area contributed by atoms with Gasteiger partial charge in [-0.25, -0.2) is 8.42 Å². The molecule has 0 radical (unpaired) electrons. The second-order valence-corrected chi connectivity index (χ2v) is 15.8. The number of benzene rings is 3. The van der Waals surface area contributed by atoms with Crippen molar-refractivity contribution >= 4 is 21.0 Å². The van der Waals surface area contributed by atoms with Gasteiger partial charge in [0.2, 0.25) is 0 Å². The maximum absolute atomic E-state index is 9.08. The zero-order chi connectivity index (χ0) is 27.5. The van der Waals surface area contributed by atoms with E-state index < -0.39 is 10.1 Å². The monoisotopic (exact) mass is 526 g/mol. The van der Waals surface area contributed by atoms with Crippen molar-refractivity contribution in [1.82, 2.24) is 0 Å². The van der Waals surface area contributed by atoms with Crippen LogP contribution in [0.25, 0.3) is 0 Å². The third kappa shape index (κ3) is 9.10. The summed E-state index contributed by atoms with van der Waals surface area (Å²) >= 11 is 0. The fourth-order valence-corrected chi connectivity index (χ4v) is 5.72. The van der Waals surface area contributed by atoms with E-state index in [9.17, 15) is 0 Å². The summed E-state index contributed by atoms with van der Waals surface area (Å²) in [5.41, 5.74) is 4.64. The van der Waals surface area contributed by atoms with Crippen LogP contribution in [0.3, 0.4) is 0 Å². The van der Waals surface area contributed by atoms with Gasteiger partial charge in [0.15, 0.2) is 14.7 Å². The summed E-state index contributed by atoms with van der Waals surface area (Å²) in [5.74, 6) is 0. The van der Waals surface area contributed by atoms with Crippen molar-refractivity contribution in [3.05, 3.63) is 89.5 Å². The van der Waals surface area contributed by atoms with E-state index in [0.717, 1.165) is 0 Å². The second-order valence-electron chi connectivity index (χ2n) is 12.3. The van der Waals surface area contributed by atoms with Crippen molar-refractivity contribution in [2.75, 3.05) is 6.26 Å². The lowest BCUT2D eigenvalue weighted by Gasteiger charge is -2.21. The van der Waals surface area contributed by atoms with Gasteiger partial charge in [0.05, 0.1) is 21.0 Å². The Labute approximate surface area is 222 Å². The van der Waals surface area contributed by atoms with Gasteiger partial charge in [0, 0.05) is 6.26 Å². The van der Waals surface area contributed by atoms with Gasteiger partial charge in [-0.3, -0.25) is 0 Å². The summed E-state index contributed by atoms with van der Waals surface area (Å²) in [7, 11) is -4.04. The van der Waals surface area contributed by atoms with Gasteiger partial charge in [-0.05, 0) is 69.3 Å². The van der Waals surface area contributed by atoms with E-state index in [1.54, 1.807) is 0 Å². The highest BCUT2D eigenvalue weighted by Crippen LogP contribution is 2.35. The lowest BCUT2D eigenvalue weighted by atomic mass is 9.87. The third-order valence-corrected chi connectivity index (χ3v) is 8.10. The molecule has 0 N–H and O–H groups in total. The minimum absolute atomic E-state index is 0.120. The molecule has 0 heterocycles. The topological polar surface area (TPSA) is 57.2 Å². The number of hydrogen-bond acceptors (Lipinski definition) is 3. The summed E-state index contributed by atoms with van der Waals surface area (Å²) in [4.78, 5) is 4.13. The molecule has 0 aliphatic carbocycles. The molecule has 0 aromatic heterocycles. The van der Waals surface area contributed by atoms with Crippen LogP contribution in [0.4, 0.5) is 0 Å². The highest BCUT2D eigenvalue weighted by atomic mass is 32.2. The van der Waals surface area contributed by atoms with Crippen LogP contribution in [0.15, 0.2) is 87.5 Å². The van der Waals surface area contributed by atoms with E-state index in [-0.39, 0.29) is 27.1 Å². The summed E-state index contributed by atoms with van der Waals surface area (Å²) in [5, 5.41) is 0. The lowest BCUT2D eigenvalue weighted by molar-refractivity contribution is 0.470. The van der Waals surface area contributed by atoms with Crippen molar-refractivity contribution < 1.29 is 13.0 Å². The molecule has 3 nitrogen and oxygen atoms in total. The second kappa shape index (κ2) is 11.1. The first kappa shape index (κ1) is 30.1. The zero-order valence-corrected chi connectivity index (χ0v) is 25.1. The fraction of sp³-hybridized carbons (Fsp3) is 0.419. The zero-order valence-electron chi connectivity index (χ0n) is 23.5. The lowest BCUT2D eigenvalue weighted by Crippen LogP contribution is -2.13. The molecule has 3 aromatic rings.